The molecule has 3 aliphatic heterocycles. The first-order valence-electron chi connectivity index (χ1n) is 27.4. The van der Waals surface area contributed by atoms with Crippen LogP contribution in [0.3, 0.4) is 0 Å². The molecule has 0 aromatic rings. The summed E-state index contributed by atoms with van der Waals surface area (Å²) in [4.78, 5) is 72.7. The van der Waals surface area contributed by atoms with Crippen LogP contribution in [0.5, 0.6) is 0 Å². The van der Waals surface area contributed by atoms with Gasteiger partial charge in [0.15, 0.2) is 43.3 Å². The topological polar surface area (TPSA) is 423 Å². The summed E-state index contributed by atoms with van der Waals surface area (Å²) in [5, 5.41) is 79.3. The monoisotopic (exact) mass is 1160 g/mol. The van der Waals surface area contributed by atoms with E-state index < -0.39 is 156 Å². The van der Waals surface area contributed by atoms with Crippen LogP contribution in [0.25, 0.3) is 0 Å². The molecule has 460 valence electrons. The lowest BCUT2D eigenvalue weighted by Crippen LogP contribution is -2.70. The molecule has 0 aromatic carbocycles. The van der Waals surface area contributed by atoms with Gasteiger partial charge in [-0.15, -0.1) is 0 Å². The number of rotatable bonds is 35. The average molecular weight is 1160 g/mol. The van der Waals surface area contributed by atoms with Crippen LogP contribution in [-0.2, 0) is 65.9 Å². The van der Waals surface area contributed by atoms with Crippen LogP contribution in [0.15, 0.2) is 0 Å². The molecule has 0 aromatic heterocycles. The maximum absolute atomic E-state index is 13.6. The van der Waals surface area contributed by atoms with Crippen molar-refractivity contribution in [3.05, 3.63) is 0 Å². The maximum atomic E-state index is 13.6. The van der Waals surface area contributed by atoms with E-state index in [-0.39, 0.29) is 17.9 Å². The third-order valence-corrected chi connectivity index (χ3v) is 15.6. The van der Waals surface area contributed by atoms with E-state index in [0.717, 1.165) is 57.8 Å². The molecule has 28 heteroatoms. The molecule has 3 fully saturated rings. The predicted octanol–water partition coefficient (Wildman–Crippen LogP) is 1.19. The second kappa shape index (κ2) is 33.2. The van der Waals surface area contributed by atoms with Gasteiger partial charge in [0.2, 0.25) is 17.7 Å². The lowest BCUT2D eigenvalue weighted by molar-refractivity contribution is -0.357. The molecule has 3 saturated heterocycles. The molecule has 5 unspecified atom stereocenters. The summed E-state index contributed by atoms with van der Waals surface area (Å²) in [5.41, 5.74) is 10.9. The molecule has 0 bridgehead atoms. The second-order valence-electron chi connectivity index (χ2n) is 22.8. The van der Waals surface area contributed by atoms with Gasteiger partial charge >= 0.3 is 19.9 Å². The molecule has 27 nitrogen and oxygen atoms in total. The molecule has 20 atom stereocenters. The van der Waals surface area contributed by atoms with Crippen molar-refractivity contribution in [2.75, 3.05) is 26.4 Å². The van der Waals surface area contributed by atoms with E-state index in [2.05, 4.69) is 52.2 Å². The summed E-state index contributed by atoms with van der Waals surface area (Å²) >= 11 is 0. The number of unbranched alkanes of at least 4 members (excludes halogenated alkanes) is 1. The number of carboxylic acids is 1. The molecule has 0 radical (unpaired) electrons. The predicted molar refractivity (Wildman–Crippen MR) is 279 cm³/mol. The lowest BCUT2D eigenvalue weighted by atomic mass is 9.79. The number of aliphatic hydroxyl groups excluding tert-OH is 6. The minimum absolute atomic E-state index is 0.0645. The molecule has 0 aliphatic carbocycles. The number of nitrogens with two attached hydrogens (primary N) is 2. The van der Waals surface area contributed by atoms with Gasteiger partial charge < -0.3 is 95.9 Å². The number of primary amides is 2. The van der Waals surface area contributed by atoms with Crippen LogP contribution in [0.4, 0.5) is 4.79 Å². The lowest BCUT2D eigenvalue weighted by Gasteiger charge is -2.49. The molecular formula is C51H93N4O23P. The van der Waals surface area contributed by atoms with Crippen LogP contribution >= 0.6 is 7.82 Å². The molecule has 3 heterocycles. The standard InChI is InChI=1S/C51H93N4O23P/c1-26(2)13-12-15-27(3)16-17-29(5)18-21-51(8,9)20-11-10-14-28(4)19-22-70-34(46(65)66)25-71-79(68,69)78-49-44(42(77-50(53)67)40(63)43(75-49)45(52)64)76-48-36(55-31(7)59)39(62)41(33(24-57)73-48)74-47-35(54-30(6)58)38(61)37(60)32(23-56)72-47/h26-29,32-44,47-49,56-57,60-63H,10-25H2,1-9H3,(H2,52,64)(H2,53,67)(H,54,58)(H,55,59)(H,65,66)(H,68,69)/t27?,28?,29?,32-,33-,34-,35-,36-,37-,38-,39-,40-,41-,42+,43+,44-,47+,48?,49-/m1/s1. The Balaban J connectivity index is 1.70. The zero-order valence-corrected chi connectivity index (χ0v) is 48.1. The number of nitrogens with one attached hydrogen (secondary N) is 2. The Bertz CT molecular complexity index is 1940. The Morgan fingerprint density at radius 3 is 1.73 bits per heavy atom. The number of aliphatic carboxylic acids is 1. The Hall–Kier alpha value is -3.22. The number of phosphoric acid groups is 1. The molecule has 3 rings (SSSR count). The van der Waals surface area contributed by atoms with Crippen molar-refractivity contribution in [3.8, 4) is 0 Å². The van der Waals surface area contributed by atoms with Gasteiger partial charge in [0.25, 0.3) is 0 Å². The third kappa shape index (κ3) is 23.2. The number of phosphoric ester groups is 1. The Kier molecular flexibility index (Phi) is 29.4. The third-order valence-electron chi connectivity index (χ3n) is 14.7. The first-order chi connectivity index (χ1) is 36.9. The Morgan fingerprint density at radius 2 is 1.19 bits per heavy atom. The van der Waals surface area contributed by atoms with E-state index in [9.17, 15) is 69.2 Å². The van der Waals surface area contributed by atoms with E-state index in [1.807, 2.05) is 6.92 Å². The van der Waals surface area contributed by atoms with Crippen LogP contribution in [-0.4, -0.2) is 195 Å². The van der Waals surface area contributed by atoms with Gasteiger partial charge in [0, 0.05) is 20.5 Å². The van der Waals surface area contributed by atoms with E-state index in [1.165, 1.54) is 38.5 Å². The van der Waals surface area contributed by atoms with Gasteiger partial charge in [0.1, 0.15) is 54.8 Å². The molecule has 0 saturated carbocycles. The van der Waals surface area contributed by atoms with Crippen molar-refractivity contribution >= 4 is 37.6 Å². The number of ether oxygens (including phenoxy) is 7. The average Bonchev–Trinajstić information content (AvgIpc) is 3.36. The fourth-order valence-corrected chi connectivity index (χ4v) is 10.7. The second-order valence-corrected chi connectivity index (χ2v) is 24.2. The number of carbonyl (C=O) groups excluding carboxylic acids is 4. The fourth-order valence-electron chi connectivity index (χ4n) is 9.85. The van der Waals surface area contributed by atoms with E-state index >= 15 is 0 Å². The van der Waals surface area contributed by atoms with Crippen molar-refractivity contribution in [2.24, 2.45) is 40.6 Å². The highest BCUT2D eigenvalue weighted by atomic mass is 31.2. The summed E-state index contributed by atoms with van der Waals surface area (Å²) in [7, 11) is -5.60. The number of amides is 4. The molecule has 3 aliphatic rings. The van der Waals surface area contributed by atoms with Crippen LogP contribution in [0.1, 0.15) is 139 Å². The molecular weight excluding hydrogens is 1070 g/mol. The Morgan fingerprint density at radius 1 is 0.646 bits per heavy atom. The normalized spacial score (nSPS) is 31.8. The highest BCUT2D eigenvalue weighted by Gasteiger charge is 2.57. The summed E-state index contributed by atoms with van der Waals surface area (Å²) < 4.78 is 63.4. The smallest absolute Gasteiger partial charge is 0.474 e. The van der Waals surface area contributed by atoms with Crippen molar-refractivity contribution < 1.29 is 111 Å². The summed E-state index contributed by atoms with van der Waals surface area (Å²) in [5.74, 6) is -2.30. The largest absolute Gasteiger partial charge is 0.479 e. The quantitative estimate of drug-likeness (QED) is 0.0313. The minimum Gasteiger partial charge on any atom is -0.479 e. The van der Waals surface area contributed by atoms with Crippen molar-refractivity contribution in [2.45, 2.75) is 237 Å². The van der Waals surface area contributed by atoms with Crippen molar-refractivity contribution in [3.63, 3.8) is 0 Å². The zero-order valence-electron chi connectivity index (χ0n) is 47.2. The van der Waals surface area contributed by atoms with Crippen LogP contribution in [0, 0.1) is 29.1 Å². The molecule has 4 amide bonds. The number of carbonyl (C=O) groups is 5. The van der Waals surface area contributed by atoms with Crippen LogP contribution < -0.4 is 22.1 Å². The van der Waals surface area contributed by atoms with Gasteiger partial charge in [-0.05, 0) is 48.3 Å². The minimum atomic E-state index is -5.60. The first kappa shape index (κ1) is 70.0. The highest BCUT2D eigenvalue weighted by molar-refractivity contribution is 7.47. The van der Waals surface area contributed by atoms with E-state index in [0.29, 0.717) is 12.3 Å². The van der Waals surface area contributed by atoms with E-state index in [1.54, 1.807) is 0 Å². The SMILES string of the molecule is CC(=O)N[C@H]1[C@H](O[C@H]2[C@H](O)[C@@H](NC(C)=O)C(O[C@H]3[C@@H](OP(=O)(O)OC[C@@H](OCCC(C)CCCCC(C)(C)CCC(C)CCC(C)CCCC(C)C)C(=O)O)O[C@H](C(N)=O)[C@H](O)[C@@H]3OC(N)=O)O[C@@H]2CO)O[C@H](CO)[C@@H](O)[C@@H]1O. The zero-order chi connectivity index (χ0) is 59.5. The van der Waals surface area contributed by atoms with Gasteiger partial charge in [-0.2, -0.15) is 0 Å². The van der Waals surface area contributed by atoms with Crippen molar-refractivity contribution in [1.82, 2.24) is 10.6 Å². The maximum Gasteiger partial charge on any atom is 0.474 e. The summed E-state index contributed by atoms with van der Waals surface area (Å²) in [6.45, 7) is 14.9. The van der Waals surface area contributed by atoms with E-state index in [4.69, 9.17) is 53.7 Å². The molecule has 0 spiro atoms. The number of hydrogen-bond donors (Lipinski definition) is 12. The first-order valence-corrected chi connectivity index (χ1v) is 28.9. The van der Waals surface area contributed by atoms with Gasteiger partial charge in [-0.3, -0.25) is 23.4 Å². The number of carboxylic acid groups (broad SMARTS) is 1. The Labute approximate surface area is 462 Å². The molecule has 79 heavy (non-hydrogen) atoms. The summed E-state index contributed by atoms with van der Waals surface area (Å²) in [6.07, 6.45) is -16.3. The number of aliphatic hydroxyl groups is 6. The number of hydrogen-bond acceptors (Lipinski definition) is 21. The van der Waals surface area contributed by atoms with Gasteiger partial charge in [0.05, 0.1) is 19.8 Å². The fraction of sp³-hybridized carbons (Fsp3) is 0.902. The van der Waals surface area contributed by atoms with Gasteiger partial charge in [-0.1, -0.05) is 106 Å². The van der Waals surface area contributed by atoms with Gasteiger partial charge in [-0.25, -0.2) is 14.2 Å². The summed E-state index contributed by atoms with van der Waals surface area (Å²) in [6, 6.07) is -3.40. The van der Waals surface area contributed by atoms with Crippen LogP contribution in [0.2, 0.25) is 0 Å². The molecule has 14 N–H and O–H groups in total. The van der Waals surface area contributed by atoms with Crippen molar-refractivity contribution in [1.29, 1.82) is 0 Å². The highest BCUT2D eigenvalue weighted by Crippen LogP contribution is 2.48.